The quantitative estimate of drug-likeness (QED) is 0.853. The number of hydrogen-bond donors (Lipinski definition) is 2. The molecule has 104 valence electrons. The maximum Gasteiger partial charge on any atom is 0.238 e. The Balaban J connectivity index is 1.69. The molecule has 2 rings (SSSR count). The van der Waals surface area contributed by atoms with E-state index in [0.29, 0.717) is 6.54 Å². The van der Waals surface area contributed by atoms with E-state index in [2.05, 4.69) is 17.6 Å². The maximum atomic E-state index is 11.8. The summed E-state index contributed by atoms with van der Waals surface area (Å²) in [6.45, 7) is 5.12. The second-order valence-corrected chi connectivity index (χ2v) is 5.44. The van der Waals surface area contributed by atoms with Gasteiger partial charge in [0.2, 0.25) is 5.91 Å². The van der Waals surface area contributed by atoms with Crippen molar-refractivity contribution in [3.63, 3.8) is 0 Å². The van der Waals surface area contributed by atoms with E-state index in [9.17, 15) is 4.79 Å². The summed E-state index contributed by atoms with van der Waals surface area (Å²) in [7, 11) is 0. The van der Waals surface area contributed by atoms with Gasteiger partial charge in [0.25, 0.3) is 0 Å². The molecule has 19 heavy (non-hydrogen) atoms. The Bertz CT molecular complexity index is 400. The third-order valence-electron chi connectivity index (χ3n) is 3.59. The molecule has 1 saturated heterocycles. The molecule has 4 nitrogen and oxygen atoms in total. The summed E-state index contributed by atoms with van der Waals surface area (Å²) >= 11 is 0. The van der Waals surface area contributed by atoms with E-state index in [1.165, 1.54) is 0 Å². The second kappa shape index (κ2) is 6.68. The number of nitrogens with one attached hydrogen (secondary N) is 2. The Morgan fingerprint density at radius 1 is 1.26 bits per heavy atom. The minimum absolute atomic E-state index is 0.00172. The van der Waals surface area contributed by atoms with E-state index in [1.54, 1.807) is 0 Å². The molecular weight excluding hydrogens is 240 g/mol. The highest BCUT2D eigenvalue weighted by atomic mass is 16.5. The standard InChI is InChI=1S/C15H22N2O2/c1-15(7-9-19-10-8-15)12-16-11-14(18)17-13-5-3-2-4-6-13/h2-6,16H,7-12H2,1H3,(H,17,18). The number of carbonyl (C=O) groups is 1. The fraction of sp³-hybridized carbons (Fsp3) is 0.533. The van der Waals surface area contributed by atoms with Crippen LogP contribution in [-0.4, -0.2) is 32.2 Å². The van der Waals surface area contributed by atoms with E-state index in [-0.39, 0.29) is 11.3 Å². The van der Waals surface area contributed by atoms with Gasteiger partial charge < -0.3 is 15.4 Å². The van der Waals surface area contributed by atoms with Crippen molar-refractivity contribution in [3.05, 3.63) is 30.3 Å². The van der Waals surface area contributed by atoms with Crippen LogP contribution in [-0.2, 0) is 9.53 Å². The van der Waals surface area contributed by atoms with Crippen molar-refractivity contribution in [2.75, 3.05) is 31.6 Å². The lowest BCUT2D eigenvalue weighted by atomic mass is 9.82. The van der Waals surface area contributed by atoms with Crippen LogP contribution in [0.1, 0.15) is 19.8 Å². The highest BCUT2D eigenvalue weighted by molar-refractivity contribution is 5.92. The molecule has 0 aromatic heterocycles. The van der Waals surface area contributed by atoms with Gasteiger partial charge in [-0.1, -0.05) is 25.1 Å². The van der Waals surface area contributed by atoms with E-state index >= 15 is 0 Å². The molecule has 0 unspecified atom stereocenters. The van der Waals surface area contributed by atoms with Gasteiger partial charge in [-0.3, -0.25) is 4.79 Å². The van der Waals surface area contributed by atoms with Crippen LogP contribution in [0.5, 0.6) is 0 Å². The zero-order chi connectivity index (χ0) is 13.6. The van der Waals surface area contributed by atoms with Crippen LogP contribution in [0.4, 0.5) is 5.69 Å². The fourth-order valence-electron chi connectivity index (χ4n) is 2.25. The number of para-hydroxylation sites is 1. The molecule has 0 saturated carbocycles. The molecule has 0 radical (unpaired) electrons. The molecule has 0 aliphatic carbocycles. The molecule has 1 heterocycles. The maximum absolute atomic E-state index is 11.8. The Labute approximate surface area is 114 Å². The molecule has 4 heteroatoms. The van der Waals surface area contributed by atoms with Crippen molar-refractivity contribution >= 4 is 11.6 Å². The van der Waals surface area contributed by atoms with Crippen molar-refractivity contribution < 1.29 is 9.53 Å². The topological polar surface area (TPSA) is 50.4 Å². The normalized spacial score (nSPS) is 17.9. The van der Waals surface area contributed by atoms with Crippen molar-refractivity contribution in [1.29, 1.82) is 0 Å². The predicted octanol–water partition coefficient (Wildman–Crippen LogP) is 2.03. The van der Waals surface area contributed by atoms with Crippen molar-refractivity contribution in [2.45, 2.75) is 19.8 Å². The van der Waals surface area contributed by atoms with Gasteiger partial charge in [0.15, 0.2) is 0 Å². The Hall–Kier alpha value is -1.39. The van der Waals surface area contributed by atoms with E-state index in [0.717, 1.165) is 38.3 Å². The highest BCUT2D eigenvalue weighted by Gasteiger charge is 2.26. The fourth-order valence-corrected chi connectivity index (χ4v) is 2.25. The molecule has 2 N–H and O–H groups in total. The molecule has 1 aromatic carbocycles. The van der Waals surface area contributed by atoms with Crippen LogP contribution in [0.15, 0.2) is 30.3 Å². The van der Waals surface area contributed by atoms with Gasteiger partial charge in [0.05, 0.1) is 6.54 Å². The zero-order valence-corrected chi connectivity index (χ0v) is 11.4. The second-order valence-electron chi connectivity index (χ2n) is 5.44. The summed E-state index contributed by atoms with van der Waals surface area (Å²) in [6.07, 6.45) is 2.11. The summed E-state index contributed by atoms with van der Waals surface area (Å²) in [4.78, 5) is 11.8. The van der Waals surface area contributed by atoms with Crippen molar-refractivity contribution in [3.8, 4) is 0 Å². The third kappa shape index (κ3) is 4.65. The van der Waals surface area contributed by atoms with Gasteiger partial charge in [-0.05, 0) is 30.4 Å². The lowest BCUT2D eigenvalue weighted by molar-refractivity contribution is -0.115. The molecule has 1 amide bonds. The van der Waals surface area contributed by atoms with Crippen molar-refractivity contribution in [1.82, 2.24) is 5.32 Å². The van der Waals surface area contributed by atoms with E-state index < -0.39 is 0 Å². The van der Waals surface area contributed by atoms with Gasteiger partial charge >= 0.3 is 0 Å². The van der Waals surface area contributed by atoms with Gasteiger partial charge in [0, 0.05) is 25.4 Å². The molecule has 1 aromatic rings. The average Bonchev–Trinajstić information content (AvgIpc) is 2.40. The van der Waals surface area contributed by atoms with Gasteiger partial charge in [-0.25, -0.2) is 0 Å². The average molecular weight is 262 g/mol. The summed E-state index contributed by atoms with van der Waals surface area (Å²) in [6, 6.07) is 9.52. The first-order chi connectivity index (χ1) is 9.18. The van der Waals surface area contributed by atoms with Gasteiger partial charge in [-0.2, -0.15) is 0 Å². The van der Waals surface area contributed by atoms with Crippen LogP contribution >= 0.6 is 0 Å². The number of hydrogen-bond acceptors (Lipinski definition) is 3. The van der Waals surface area contributed by atoms with Crippen LogP contribution in [0, 0.1) is 5.41 Å². The minimum atomic E-state index is 0.00172. The lowest BCUT2D eigenvalue weighted by Crippen LogP contribution is -2.39. The first-order valence-electron chi connectivity index (χ1n) is 6.81. The number of ether oxygens (including phenoxy) is 1. The molecule has 0 spiro atoms. The molecular formula is C15H22N2O2. The summed E-state index contributed by atoms with van der Waals surface area (Å²) in [5.74, 6) is 0.00172. The number of amides is 1. The monoisotopic (exact) mass is 262 g/mol. The number of anilines is 1. The molecule has 0 atom stereocenters. The Morgan fingerprint density at radius 2 is 1.95 bits per heavy atom. The molecule has 1 fully saturated rings. The summed E-state index contributed by atoms with van der Waals surface area (Å²) < 4.78 is 5.36. The molecule has 0 bridgehead atoms. The number of rotatable bonds is 5. The minimum Gasteiger partial charge on any atom is -0.381 e. The smallest absolute Gasteiger partial charge is 0.238 e. The van der Waals surface area contributed by atoms with E-state index in [1.807, 2.05) is 30.3 Å². The highest BCUT2D eigenvalue weighted by Crippen LogP contribution is 2.28. The van der Waals surface area contributed by atoms with Gasteiger partial charge in [-0.15, -0.1) is 0 Å². The predicted molar refractivity (Wildman–Crippen MR) is 76.1 cm³/mol. The number of benzene rings is 1. The number of carbonyl (C=O) groups excluding carboxylic acids is 1. The Morgan fingerprint density at radius 3 is 2.63 bits per heavy atom. The van der Waals surface area contributed by atoms with Crippen molar-refractivity contribution in [2.24, 2.45) is 5.41 Å². The Kier molecular flexibility index (Phi) is 4.93. The third-order valence-corrected chi connectivity index (χ3v) is 3.59. The first kappa shape index (κ1) is 14.0. The first-order valence-corrected chi connectivity index (χ1v) is 6.81. The summed E-state index contributed by atoms with van der Waals surface area (Å²) in [5.41, 5.74) is 1.09. The zero-order valence-electron chi connectivity index (χ0n) is 11.4. The van der Waals surface area contributed by atoms with Crippen LogP contribution in [0.25, 0.3) is 0 Å². The largest absolute Gasteiger partial charge is 0.381 e. The lowest BCUT2D eigenvalue weighted by Gasteiger charge is -2.33. The van der Waals surface area contributed by atoms with Crippen LogP contribution in [0.3, 0.4) is 0 Å². The van der Waals surface area contributed by atoms with Gasteiger partial charge in [0.1, 0.15) is 0 Å². The van der Waals surface area contributed by atoms with Crippen LogP contribution < -0.4 is 10.6 Å². The summed E-state index contributed by atoms with van der Waals surface area (Å²) in [5, 5.41) is 6.11. The van der Waals surface area contributed by atoms with Crippen LogP contribution in [0.2, 0.25) is 0 Å². The molecule has 1 aliphatic heterocycles. The SMILES string of the molecule is CC1(CNCC(=O)Nc2ccccc2)CCOCC1. The van der Waals surface area contributed by atoms with E-state index in [4.69, 9.17) is 4.74 Å². The molecule has 1 aliphatic rings.